The minimum absolute atomic E-state index is 0.0459. The van der Waals surface area contributed by atoms with Gasteiger partial charge in [0.25, 0.3) is 10.1 Å². The topological polar surface area (TPSA) is 195 Å². The quantitative estimate of drug-likeness (QED) is 0.0588. The Hall–Kier alpha value is -4.84. The average Bonchev–Trinajstić information content (AvgIpc) is 3.67. The van der Waals surface area contributed by atoms with Gasteiger partial charge in [-0.05, 0) is 39.8 Å². The Kier molecular flexibility index (Phi) is 14.2. The molecule has 5 N–H and O–H groups in total. The molecular weight excluding hydrogens is 717 g/mol. The van der Waals surface area contributed by atoms with Crippen molar-refractivity contribution in [3.8, 4) is 11.1 Å². The van der Waals surface area contributed by atoms with Gasteiger partial charge in [-0.1, -0.05) is 66.7 Å². The number of amides is 3. The molecule has 290 valence electrons. The van der Waals surface area contributed by atoms with Crippen molar-refractivity contribution in [1.29, 1.82) is 0 Å². The molecule has 3 aromatic carbocycles. The summed E-state index contributed by atoms with van der Waals surface area (Å²) in [4.78, 5) is 39.3. The standard InChI is InChI=1S/C38H48N6O9S/c1-42(43(2)38(47)53-25-33-31-12-6-4-10-29(31)30-11-5-7-13-32(30)33)24-28-23-27-9-3-8-14-35(27)44(28)18-15-36(45)41-34(26-54(48,49)50)37(46)40-17-20-52-22-21-51-19-16-39/h3-14,23,33-34H,15-22,24-26,39H2,1-2H3,(H,40,46)(H,41,45)(H,48,49,50)/t34-/m0/s1. The van der Waals surface area contributed by atoms with E-state index in [1.54, 1.807) is 19.1 Å². The van der Waals surface area contributed by atoms with Crippen LogP contribution in [0.1, 0.15) is 29.2 Å². The summed E-state index contributed by atoms with van der Waals surface area (Å²) in [7, 11) is -1.22. The lowest BCUT2D eigenvalue weighted by Crippen LogP contribution is -2.51. The molecule has 1 heterocycles. The molecule has 4 aromatic rings. The smallest absolute Gasteiger partial charge is 0.424 e. The fourth-order valence-electron chi connectivity index (χ4n) is 6.48. The molecule has 0 bridgehead atoms. The number of nitrogens with two attached hydrogens (primary N) is 1. The lowest BCUT2D eigenvalue weighted by molar-refractivity contribution is -0.128. The highest BCUT2D eigenvalue weighted by Crippen LogP contribution is 2.44. The molecule has 16 heteroatoms. The molecule has 3 amide bonds. The number of hydrazine groups is 1. The zero-order chi connectivity index (χ0) is 38.7. The number of nitrogens with zero attached hydrogens (tertiary/aromatic N) is 3. The van der Waals surface area contributed by atoms with E-state index in [1.165, 1.54) is 5.01 Å². The van der Waals surface area contributed by atoms with E-state index < -0.39 is 39.8 Å². The van der Waals surface area contributed by atoms with E-state index >= 15 is 0 Å². The third kappa shape index (κ3) is 10.6. The molecule has 0 aliphatic heterocycles. The van der Waals surface area contributed by atoms with Gasteiger partial charge in [0.15, 0.2) is 0 Å². The zero-order valence-electron chi connectivity index (χ0n) is 30.5. The minimum atomic E-state index is -4.61. The van der Waals surface area contributed by atoms with Crippen LogP contribution in [0.5, 0.6) is 0 Å². The van der Waals surface area contributed by atoms with Crippen LogP contribution in [0.2, 0.25) is 0 Å². The Morgan fingerprint density at radius 3 is 2.20 bits per heavy atom. The van der Waals surface area contributed by atoms with Gasteiger partial charge >= 0.3 is 6.09 Å². The van der Waals surface area contributed by atoms with E-state index in [0.29, 0.717) is 19.8 Å². The number of nitrogens with one attached hydrogen (secondary N) is 2. The SMILES string of the molecule is CN(Cc1cc2ccccc2n1CCC(=O)N[C@@H](CS(=O)(=O)O)C(=O)NCCOCCOCCN)N(C)C(=O)OCC1c2ccccc2-c2ccccc21. The van der Waals surface area contributed by atoms with E-state index in [9.17, 15) is 27.4 Å². The Labute approximate surface area is 315 Å². The molecule has 1 atom stereocenters. The first-order valence-electron chi connectivity index (χ1n) is 17.7. The largest absolute Gasteiger partial charge is 0.447 e. The monoisotopic (exact) mass is 764 g/mol. The van der Waals surface area contributed by atoms with Crippen LogP contribution in [-0.2, 0) is 47.0 Å². The highest BCUT2D eigenvalue weighted by molar-refractivity contribution is 7.85. The summed E-state index contributed by atoms with van der Waals surface area (Å²) < 4.78 is 51.2. The van der Waals surface area contributed by atoms with Crippen molar-refractivity contribution in [2.45, 2.75) is 31.5 Å². The Morgan fingerprint density at radius 1 is 0.907 bits per heavy atom. The van der Waals surface area contributed by atoms with Crippen LogP contribution in [-0.4, -0.2) is 117 Å². The number of hydrogen-bond acceptors (Lipinski definition) is 10. The van der Waals surface area contributed by atoms with Gasteiger partial charge in [-0.15, -0.1) is 0 Å². The maximum atomic E-state index is 13.3. The van der Waals surface area contributed by atoms with Gasteiger partial charge in [0.1, 0.15) is 18.4 Å². The number of carbonyl (C=O) groups excluding carboxylic acids is 3. The summed E-state index contributed by atoms with van der Waals surface area (Å²) in [6.45, 7) is 2.20. The third-order valence-corrected chi connectivity index (χ3v) is 9.93. The first-order chi connectivity index (χ1) is 26.0. The molecular formula is C38H48N6O9S. The Morgan fingerprint density at radius 2 is 1.54 bits per heavy atom. The highest BCUT2D eigenvalue weighted by atomic mass is 32.2. The van der Waals surface area contributed by atoms with Gasteiger partial charge in [0.2, 0.25) is 11.8 Å². The lowest BCUT2D eigenvalue weighted by atomic mass is 9.98. The molecule has 15 nitrogen and oxygen atoms in total. The van der Waals surface area contributed by atoms with Crippen LogP contribution in [0.3, 0.4) is 0 Å². The van der Waals surface area contributed by atoms with E-state index in [-0.39, 0.29) is 51.8 Å². The first kappa shape index (κ1) is 40.3. The molecule has 0 unspecified atom stereocenters. The Balaban J connectivity index is 1.18. The summed E-state index contributed by atoms with van der Waals surface area (Å²) in [6, 6.07) is 24.3. The van der Waals surface area contributed by atoms with Gasteiger partial charge in [-0.25, -0.2) is 14.8 Å². The number of carbonyl (C=O) groups is 3. The normalized spacial score (nSPS) is 13.1. The van der Waals surface area contributed by atoms with Crippen LogP contribution >= 0.6 is 0 Å². The highest BCUT2D eigenvalue weighted by Gasteiger charge is 2.30. The lowest BCUT2D eigenvalue weighted by Gasteiger charge is -2.28. The van der Waals surface area contributed by atoms with Crippen molar-refractivity contribution in [2.75, 3.05) is 66.0 Å². The van der Waals surface area contributed by atoms with Crippen LogP contribution in [0, 0.1) is 0 Å². The molecule has 54 heavy (non-hydrogen) atoms. The Bertz CT molecular complexity index is 1980. The van der Waals surface area contributed by atoms with Crippen molar-refractivity contribution in [1.82, 2.24) is 25.2 Å². The predicted molar refractivity (Wildman–Crippen MR) is 203 cm³/mol. The number of aromatic nitrogens is 1. The number of ether oxygens (including phenoxy) is 3. The number of rotatable bonds is 20. The fourth-order valence-corrected chi connectivity index (χ4v) is 7.13. The predicted octanol–water partition coefficient (Wildman–Crippen LogP) is 2.74. The fraction of sp³-hybridized carbons (Fsp3) is 0.395. The molecule has 0 spiro atoms. The second-order valence-electron chi connectivity index (χ2n) is 12.9. The molecule has 0 saturated heterocycles. The molecule has 0 radical (unpaired) electrons. The van der Waals surface area contributed by atoms with Gasteiger partial charge in [-0.3, -0.25) is 14.1 Å². The summed E-state index contributed by atoms with van der Waals surface area (Å²) in [5.74, 6) is -2.46. The number of para-hydroxylation sites is 1. The van der Waals surface area contributed by atoms with Crippen molar-refractivity contribution in [3.05, 3.63) is 95.7 Å². The molecule has 0 saturated carbocycles. The van der Waals surface area contributed by atoms with Crippen LogP contribution in [0.4, 0.5) is 4.79 Å². The van der Waals surface area contributed by atoms with Crippen molar-refractivity contribution in [3.63, 3.8) is 0 Å². The first-order valence-corrected chi connectivity index (χ1v) is 19.3. The number of hydrogen-bond donors (Lipinski definition) is 4. The third-order valence-electron chi connectivity index (χ3n) is 9.17. The average molecular weight is 765 g/mol. The minimum Gasteiger partial charge on any atom is -0.447 e. The van der Waals surface area contributed by atoms with Gasteiger partial charge < -0.3 is 35.1 Å². The van der Waals surface area contributed by atoms with Gasteiger partial charge in [-0.2, -0.15) is 8.42 Å². The molecule has 0 fully saturated rings. The summed E-state index contributed by atoms with van der Waals surface area (Å²) in [5.41, 5.74) is 11.5. The zero-order valence-corrected chi connectivity index (χ0v) is 31.3. The maximum absolute atomic E-state index is 13.3. The van der Waals surface area contributed by atoms with Gasteiger partial charge in [0, 0.05) is 57.3 Å². The second-order valence-corrected chi connectivity index (χ2v) is 14.4. The van der Waals surface area contributed by atoms with E-state index in [4.69, 9.17) is 19.9 Å². The van der Waals surface area contributed by atoms with Crippen LogP contribution in [0.25, 0.3) is 22.0 Å². The summed E-state index contributed by atoms with van der Waals surface area (Å²) in [5, 5.41) is 9.01. The maximum Gasteiger partial charge on any atom is 0.424 e. The molecule has 1 aromatic heterocycles. The van der Waals surface area contributed by atoms with E-state index in [0.717, 1.165) is 38.9 Å². The number of benzene rings is 3. The number of fused-ring (bicyclic) bond motifs is 4. The van der Waals surface area contributed by atoms with Crippen LogP contribution < -0.4 is 16.4 Å². The molecule has 5 rings (SSSR count). The summed E-state index contributed by atoms with van der Waals surface area (Å²) >= 11 is 0. The summed E-state index contributed by atoms with van der Waals surface area (Å²) in [6.07, 6.45) is -0.633. The van der Waals surface area contributed by atoms with Gasteiger partial charge in [0.05, 0.1) is 33.0 Å². The number of aryl methyl sites for hydroxylation is 1. The van der Waals surface area contributed by atoms with Crippen LogP contribution in [0.15, 0.2) is 78.9 Å². The second kappa shape index (κ2) is 19.0. The van der Waals surface area contributed by atoms with E-state index in [1.807, 2.05) is 59.2 Å². The van der Waals surface area contributed by atoms with Crippen molar-refractivity contribution >= 4 is 38.9 Å². The van der Waals surface area contributed by atoms with Crippen molar-refractivity contribution in [2.24, 2.45) is 5.73 Å². The molecule has 1 aliphatic rings. The molecule has 1 aliphatic carbocycles. The van der Waals surface area contributed by atoms with E-state index in [2.05, 4.69) is 34.9 Å². The van der Waals surface area contributed by atoms with Crippen molar-refractivity contribution < 1.29 is 41.6 Å².